The number of thioether (sulfide) groups is 1. The van der Waals surface area contributed by atoms with Gasteiger partial charge in [0, 0.05) is 26.0 Å². The highest BCUT2D eigenvalue weighted by Crippen LogP contribution is 2.48. The van der Waals surface area contributed by atoms with Crippen molar-refractivity contribution in [2.45, 2.75) is 42.2 Å². The lowest BCUT2D eigenvalue weighted by Gasteiger charge is -2.50. The number of rotatable bonds is 2. The van der Waals surface area contributed by atoms with E-state index in [0.717, 1.165) is 18.6 Å². The fraction of sp³-hybridized carbons (Fsp3) is 0.917. The van der Waals surface area contributed by atoms with Gasteiger partial charge in [0.1, 0.15) is 0 Å². The average molecular weight is 259 g/mol. The average Bonchev–Trinajstić information content (AvgIpc) is 2.67. The number of halogens is 1. The van der Waals surface area contributed by atoms with Crippen molar-refractivity contribution in [3.8, 4) is 0 Å². The Bertz CT molecular complexity index is 339. The maximum Gasteiger partial charge on any atom is 0.260 e. The highest BCUT2D eigenvalue weighted by molar-refractivity contribution is 8.01. The van der Waals surface area contributed by atoms with Crippen molar-refractivity contribution >= 4 is 17.7 Å². The summed E-state index contributed by atoms with van der Waals surface area (Å²) in [5.41, 5.74) is -1.52. The van der Waals surface area contributed by atoms with Crippen LogP contribution in [0.15, 0.2) is 0 Å². The van der Waals surface area contributed by atoms with Crippen molar-refractivity contribution < 1.29 is 13.9 Å². The normalized spacial score (nSPS) is 33.3. The van der Waals surface area contributed by atoms with Crippen LogP contribution in [0.25, 0.3) is 0 Å². The van der Waals surface area contributed by atoms with Gasteiger partial charge in [0.25, 0.3) is 5.91 Å². The molecule has 1 amide bonds. The molecule has 1 spiro atoms. The second kappa shape index (κ2) is 3.85. The zero-order chi connectivity index (χ0) is 12.1. The second-order valence-corrected chi connectivity index (χ2v) is 7.02. The summed E-state index contributed by atoms with van der Waals surface area (Å²) < 4.78 is 19.5. The van der Waals surface area contributed by atoms with Crippen LogP contribution in [0.4, 0.5) is 4.39 Å². The number of hydrogen-bond acceptors (Lipinski definition) is 3. The SMILES string of the molecule is CO[C@H]1CSC2(C1)CN(C(=O)C1(F)CCC1)C2. The van der Waals surface area contributed by atoms with Gasteiger partial charge >= 0.3 is 0 Å². The number of carbonyl (C=O) groups is 1. The molecule has 2 heterocycles. The molecule has 3 aliphatic rings. The minimum absolute atomic E-state index is 0.163. The van der Waals surface area contributed by atoms with E-state index in [2.05, 4.69) is 0 Å². The minimum Gasteiger partial charge on any atom is -0.381 e. The molecule has 0 bridgehead atoms. The molecular weight excluding hydrogens is 241 g/mol. The maximum atomic E-state index is 14.0. The molecule has 0 aromatic rings. The molecule has 0 N–H and O–H groups in total. The third kappa shape index (κ3) is 1.78. The van der Waals surface area contributed by atoms with Crippen molar-refractivity contribution in [2.24, 2.45) is 0 Å². The van der Waals surface area contributed by atoms with Crippen molar-refractivity contribution in [1.82, 2.24) is 4.90 Å². The van der Waals surface area contributed by atoms with Gasteiger partial charge < -0.3 is 9.64 Å². The zero-order valence-electron chi connectivity index (χ0n) is 10.1. The van der Waals surface area contributed by atoms with E-state index in [4.69, 9.17) is 4.74 Å². The number of methoxy groups -OCH3 is 1. The molecule has 5 heteroatoms. The fourth-order valence-electron chi connectivity index (χ4n) is 2.95. The summed E-state index contributed by atoms with van der Waals surface area (Å²) in [6, 6.07) is 0. The van der Waals surface area contributed by atoms with Crippen LogP contribution in [0, 0.1) is 0 Å². The summed E-state index contributed by atoms with van der Waals surface area (Å²) in [5.74, 6) is 0.732. The van der Waals surface area contributed by atoms with Crippen LogP contribution < -0.4 is 0 Å². The lowest BCUT2D eigenvalue weighted by Crippen LogP contribution is -2.65. The number of likely N-dealkylation sites (tertiary alicyclic amines) is 1. The van der Waals surface area contributed by atoms with E-state index in [-0.39, 0.29) is 10.7 Å². The van der Waals surface area contributed by atoms with Gasteiger partial charge in [-0.2, -0.15) is 0 Å². The molecule has 3 fully saturated rings. The van der Waals surface area contributed by atoms with E-state index in [1.54, 1.807) is 12.0 Å². The lowest BCUT2D eigenvalue weighted by molar-refractivity contribution is -0.155. The van der Waals surface area contributed by atoms with Crippen LogP contribution in [0.2, 0.25) is 0 Å². The molecule has 2 saturated heterocycles. The molecule has 3 rings (SSSR count). The van der Waals surface area contributed by atoms with E-state index in [9.17, 15) is 9.18 Å². The first-order valence-electron chi connectivity index (χ1n) is 6.22. The van der Waals surface area contributed by atoms with Crippen LogP contribution >= 0.6 is 11.8 Å². The molecule has 96 valence electrons. The van der Waals surface area contributed by atoms with Crippen molar-refractivity contribution in [1.29, 1.82) is 0 Å². The number of nitrogens with zero attached hydrogens (tertiary/aromatic N) is 1. The Morgan fingerprint density at radius 2 is 2.18 bits per heavy atom. The van der Waals surface area contributed by atoms with Gasteiger partial charge in [0.2, 0.25) is 0 Å². The highest BCUT2D eigenvalue weighted by atomic mass is 32.2. The fourth-order valence-corrected chi connectivity index (χ4v) is 4.54. The zero-order valence-corrected chi connectivity index (χ0v) is 10.9. The van der Waals surface area contributed by atoms with E-state index in [1.807, 2.05) is 11.8 Å². The van der Waals surface area contributed by atoms with Gasteiger partial charge in [-0.25, -0.2) is 4.39 Å². The third-order valence-corrected chi connectivity index (χ3v) is 5.86. The molecule has 2 aliphatic heterocycles. The first-order valence-corrected chi connectivity index (χ1v) is 7.21. The van der Waals surface area contributed by atoms with Gasteiger partial charge in [-0.05, 0) is 25.7 Å². The van der Waals surface area contributed by atoms with Crippen molar-refractivity contribution in [3.05, 3.63) is 0 Å². The van der Waals surface area contributed by atoms with E-state index < -0.39 is 5.67 Å². The van der Waals surface area contributed by atoms with Gasteiger partial charge in [-0.3, -0.25) is 4.79 Å². The summed E-state index contributed by atoms with van der Waals surface area (Å²) >= 11 is 1.88. The Kier molecular flexibility index (Phi) is 2.67. The van der Waals surface area contributed by atoms with Crippen LogP contribution in [0.5, 0.6) is 0 Å². The highest BCUT2D eigenvalue weighted by Gasteiger charge is 2.56. The van der Waals surface area contributed by atoms with Gasteiger partial charge in [-0.15, -0.1) is 11.8 Å². The van der Waals surface area contributed by atoms with E-state index in [0.29, 0.717) is 32.0 Å². The summed E-state index contributed by atoms with van der Waals surface area (Å²) in [5, 5.41) is 0. The topological polar surface area (TPSA) is 29.5 Å². The molecule has 0 radical (unpaired) electrons. The molecule has 17 heavy (non-hydrogen) atoms. The Morgan fingerprint density at radius 1 is 1.47 bits per heavy atom. The lowest BCUT2D eigenvalue weighted by atomic mass is 9.79. The molecule has 3 nitrogen and oxygen atoms in total. The van der Waals surface area contributed by atoms with Crippen LogP contribution in [-0.2, 0) is 9.53 Å². The summed E-state index contributed by atoms with van der Waals surface area (Å²) in [6.45, 7) is 1.42. The molecule has 1 atom stereocenters. The molecule has 0 unspecified atom stereocenters. The Morgan fingerprint density at radius 3 is 2.65 bits per heavy atom. The quantitative estimate of drug-likeness (QED) is 0.754. The minimum atomic E-state index is -1.52. The van der Waals surface area contributed by atoms with Crippen molar-refractivity contribution in [2.75, 3.05) is 26.0 Å². The Hall–Kier alpha value is -0.290. The molecule has 1 aliphatic carbocycles. The smallest absolute Gasteiger partial charge is 0.260 e. The molecule has 0 aromatic carbocycles. The standard InChI is InChI=1S/C12H18FNO2S/c1-16-9-5-11(17-6-9)7-14(8-11)10(15)12(13)3-2-4-12/h9H,2-8H2,1H3/t9-/m1/s1. The number of carbonyl (C=O) groups excluding carboxylic acids is 1. The maximum absolute atomic E-state index is 14.0. The van der Waals surface area contributed by atoms with Gasteiger partial charge in [0.15, 0.2) is 5.67 Å². The largest absolute Gasteiger partial charge is 0.381 e. The van der Waals surface area contributed by atoms with Crippen molar-refractivity contribution in [3.63, 3.8) is 0 Å². The van der Waals surface area contributed by atoms with Crippen LogP contribution in [0.3, 0.4) is 0 Å². The molecule has 1 saturated carbocycles. The predicted molar refractivity (Wildman–Crippen MR) is 64.9 cm³/mol. The first kappa shape index (κ1) is 11.8. The van der Waals surface area contributed by atoms with E-state index in [1.165, 1.54) is 0 Å². The van der Waals surface area contributed by atoms with Gasteiger partial charge in [0.05, 0.1) is 10.9 Å². The first-order chi connectivity index (χ1) is 8.07. The number of hydrogen-bond donors (Lipinski definition) is 0. The van der Waals surface area contributed by atoms with Gasteiger partial charge in [-0.1, -0.05) is 0 Å². The number of alkyl halides is 1. The second-order valence-electron chi connectivity index (χ2n) is 5.54. The number of amides is 1. The summed E-state index contributed by atoms with van der Waals surface area (Å²) in [6.07, 6.45) is 2.99. The monoisotopic (exact) mass is 259 g/mol. The summed E-state index contributed by atoms with van der Waals surface area (Å²) in [7, 11) is 1.73. The van der Waals surface area contributed by atoms with E-state index >= 15 is 0 Å². The summed E-state index contributed by atoms with van der Waals surface area (Å²) in [4.78, 5) is 13.6. The number of ether oxygens (including phenoxy) is 1. The third-order valence-electron chi connectivity index (χ3n) is 4.28. The molecule has 0 aromatic heterocycles. The Balaban J connectivity index is 1.56. The van der Waals surface area contributed by atoms with Crippen LogP contribution in [0.1, 0.15) is 25.7 Å². The Labute approximate surface area is 105 Å². The molecular formula is C12H18FNO2S. The predicted octanol–water partition coefficient (Wildman–Crippen LogP) is 1.61. The van der Waals surface area contributed by atoms with Crippen LogP contribution in [-0.4, -0.2) is 53.3 Å².